The van der Waals surface area contributed by atoms with E-state index < -0.39 is 0 Å². The smallest absolute Gasteiger partial charge is 0.286 e. The van der Waals surface area contributed by atoms with Crippen LogP contribution in [-0.4, -0.2) is 20.7 Å². The van der Waals surface area contributed by atoms with Crippen LogP contribution in [0.3, 0.4) is 0 Å². The van der Waals surface area contributed by atoms with Crippen molar-refractivity contribution >= 4 is 39.1 Å². The van der Waals surface area contributed by atoms with Crippen LogP contribution in [-0.2, 0) is 12.8 Å². The number of thioether (sulfide) groups is 1. The summed E-state index contributed by atoms with van der Waals surface area (Å²) in [6, 6.07) is 19.1. The number of amidine groups is 1. The lowest BCUT2D eigenvalue weighted by Gasteiger charge is -2.09. The Morgan fingerprint density at radius 3 is 2.39 bits per heavy atom. The number of hydrogen-bond acceptors (Lipinski definition) is 4. The Balaban J connectivity index is 0.00000280. The average Bonchev–Trinajstić information content (AvgIpc) is 2.90. The zero-order valence-electron chi connectivity index (χ0n) is 15.0. The van der Waals surface area contributed by atoms with Crippen molar-refractivity contribution in [3.63, 3.8) is 0 Å². The molecular weight excluding hydrogens is 506 g/mol. The molecule has 1 aromatic heterocycles. The Labute approximate surface area is 186 Å². The van der Waals surface area contributed by atoms with E-state index in [1.165, 1.54) is 11.8 Å². The van der Waals surface area contributed by atoms with Gasteiger partial charge in [0.1, 0.15) is 4.47 Å². The lowest BCUT2D eigenvalue weighted by molar-refractivity contribution is -0.00000549. The number of para-hydroxylation sites is 1. The maximum atomic E-state index is 12.6. The summed E-state index contributed by atoms with van der Waals surface area (Å²) in [5.74, 6) is 0.488. The maximum Gasteiger partial charge on any atom is 0.286 e. The summed E-state index contributed by atoms with van der Waals surface area (Å²) in [5, 5.41) is 8.33. The Hall–Kier alpha value is -2.10. The molecule has 1 heterocycles. The minimum atomic E-state index is -0.114. The highest BCUT2D eigenvalue weighted by Gasteiger charge is 2.17. The molecule has 0 fully saturated rings. The molecular formula is C19H18Br2N5OS-. The SMILES string of the molecule is Cn1c(CS/C(N)=N/N=Cc2ccccc2)c(Br)c(=O)n1-c1ccccc1.[Br-]. The van der Waals surface area contributed by atoms with Crippen LogP contribution in [0, 0.1) is 0 Å². The third-order valence-corrected chi connectivity index (χ3v) is 5.44. The number of aromatic nitrogens is 2. The van der Waals surface area contributed by atoms with Crippen LogP contribution >= 0.6 is 27.7 Å². The van der Waals surface area contributed by atoms with Crippen molar-refractivity contribution in [3.8, 4) is 5.69 Å². The molecule has 0 saturated heterocycles. The number of halogens is 2. The molecule has 0 atom stereocenters. The van der Waals surface area contributed by atoms with E-state index in [-0.39, 0.29) is 22.5 Å². The molecule has 3 aromatic rings. The second-order valence-electron chi connectivity index (χ2n) is 5.62. The first-order valence-corrected chi connectivity index (χ1v) is 9.92. The molecule has 0 saturated carbocycles. The highest BCUT2D eigenvalue weighted by molar-refractivity contribution is 9.10. The molecule has 2 N–H and O–H groups in total. The Kier molecular flexibility index (Phi) is 8.28. The highest BCUT2D eigenvalue weighted by Crippen LogP contribution is 2.21. The first-order valence-electron chi connectivity index (χ1n) is 8.14. The molecule has 6 nitrogen and oxygen atoms in total. The van der Waals surface area contributed by atoms with Crippen molar-refractivity contribution in [2.45, 2.75) is 5.75 Å². The van der Waals surface area contributed by atoms with Gasteiger partial charge in [-0.05, 0) is 33.6 Å². The van der Waals surface area contributed by atoms with Gasteiger partial charge in [-0.25, -0.2) is 4.68 Å². The Morgan fingerprint density at radius 1 is 1.14 bits per heavy atom. The van der Waals surface area contributed by atoms with Gasteiger partial charge in [-0.1, -0.05) is 60.3 Å². The molecule has 146 valence electrons. The largest absolute Gasteiger partial charge is 1.00 e. The maximum absolute atomic E-state index is 12.6. The second kappa shape index (κ2) is 10.4. The number of nitrogens with two attached hydrogens (primary N) is 1. The number of hydrogen-bond donors (Lipinski definition) is 1. The Bertz CT molecular complexity index is 1030. The molecule has 0 aliphatic heterocycles. The molecule has 28 heavy (non-hydrogen) atoms. The topological polar surface area (TPSA) is 77.7 Å². The third-order valence-electron chi connectivity index (χ3n) is 3.84. The molecule has 0 bridgehead atoms. The molecule has 2 aromatic carbocycles. The zero-order chi connectivity index (χ0) is 19.2. The summed E-state index contributed by atoms with van der Waals surface area (Å²) >= 11 is 4.73. The highest BCUT2D eigenvalue weighted by atomic mass is 79.9. The lowest BCUT2D eigenvalue weighted by atomic mass is 10.2. The monoisotopic (exact) mass is 522 g/mol. The van der Waals surface area contributed by atoms with Crippen LogP contribution in [0.1, 0.15) is 11.3 Å². The summed E-state index contributed by atoms with van der Waals surface area (Å²) < 4.78 is 3.94. The minimum absolute atomic E-state index is 0. The zero-order valence-corrected chi connectivity index (χ0v) is 19.0. The van der Waals surface area contributed by atoms with Crippen LogP contribution in [0.4, 0.5) is 0 Å². The molecule has 0 radical (unpaired) electrons. The van der Waals surface area contributed by atoms with Crippen molar-refractivity contribution in [1.29, 1.82) is 0 Å². The third kappa shape index (κ3) is 5.24. The van der Waals surface area contributed by atoms with E-state index in [4.69, 9.17) is 5.73 Å². The molecule has 0 aliphatic rings. The van der Waals surface area contributed by atoms with Crippen LogP contribution in [0.15, 0.2) is 80.1 Å². The predicted molar refractivity (Wildman–Crippen MR) is 116 cm³/mol. The quantitative estimate of drug-likeness (QED) is 0.301. The number of nitrogens with zero attached hydrogens (tertiary/aromatic N) is 4. The van der Waals surface area contributed by atoms with Crippen molar-refractivity contribution in [3.05, 3.63) is 86.7 Å². The average molecular weight is 524 g/mol. The summed E-state index contributed by atoms with van der Waals surface area (Å²) in [7, 11) is 1.84. The fourth-order valence-corrected chi connectivity index (χ4v) is 3.97. The Morgan fingerprint density at radius 2 is 1.75 bits per heavy atom. The van der Waals surface area contributed by atoms with E-state index in [0.717, 1.165) is 16.9 Å². The molecule has 0 spiro atoms. The number of rotatable bonds is 5. The van der Waals surface area contributed by atoms with Crippen LogP contribution in [0.25, 0.3) is 5.69 Å². The normalized spacial score (nSPS) is 11.6. The van der Waals surface area contributed by atoms with Gasteiger partial charge in [0.15, 0.2) is 5.17 Å². The van der Waals surface area contributed by atoms with Gasteiger partial charge in [0.05, 0.1) is 17.6 Å². The summed E-state index contributed by atoms with van der Waals surface area (Å²) in [6.45, 7) is 0. The molecule has 9 heteroatoms. The van der Waals surface area contributed by atoms with E-state index in [2.05, 4.69) is 26.1 Å². The molecule has 3 rings (SSSR count). The van der Waals surface area contributed by atoms with Crippen molar-refractivity contribution in [2.75, 3.05) is 0 Å². The molecule has 0 aliphatic carbocycles. The second-order valence-corrected chi connectivity index (χ2v) is 7.41. The van der Waals surface area contributed by atoms with Gasteiger partial charge in [-0.2, -0.15) is 5.10 Å². The summed E-state index contributed by atoms with van der Waals surface area (Å²) in [6.07, 6.45) is 1.64. The van der Waals surface area contributed by atoms with Crippen molar-refractivity contribution < 1.29 is 17.0 Å². The fourth-order valence-electron chi connectivity index (χ4n) is 2.49. The predicted octanol–water partition coefficient (Wildman–Crippen LogP) is 0.524. The minimum Gasteiger partial charge on any atom is -1.00 e. The standard InChI is InChI=1S/C19H18BrN5OS.BrH/c1-24-16(17(20)18(26)25(24)15-10-6-3-7-11-15)13-27-19(21)23-22-12-14-8-4-2-5-9-14;/h2-12H,13H2,1H3,(H2,21,23);1H/p-1. The van der Waals surface area contributed by atoms with E-state index in [9.17, 15) is 4.79 Å². The fraction of sp³-hybridized carbons (Fsp3) is 0.105. The van der Waals surface area contributed by atoms with Crippen LogP contribution in [0.5, 0.6) is 0 Å². The van der Waals surface area contributed by atoms with Gasteiger partial charge >= 0.3 is 0 Å². The van der Waals surface area contributed by atoms with Crippen molar-refractivity contribution in [2.24, 2.45) is 23.0 Å². The van der Waals surface area contributed by atoms with E-state index >= 15 is 0 Å². The van der Waals surface area contributed by atoms with Gasteiger partial charge in [-0.3, -0.25) is 9.48 Å². The van der Waals surface area contributed by atoms with Gasteiger partial charge in [-0.15, -0.1) is 5.10 Å². The molecule has 0 unspecified atom stereocenters. The summed E-state index contributed by atoms with van der Waals surface area (Å²) in [5.41, 5.74) is 8.39. The van der Waals surface area contributed by atoms with E-state index in [0.29, 0.717) is 15.4 Å². The number of benzene rings is 2. The first-order chi connectivity index (χ1) is 13.1. The van der Waals surface area contributed by atoms with Gasteiger partial charge in [0.2, 0.25) is 0 Å². The van der Waals surface area contributed by atoms with E-state index in [1.807, 2.05) is 72.4 Å². The summed E-state index contributed by atoms with van der Waals surface area (Å²) in [4.78, 5) is 12.6. The van der Waals surface area contributed by atoms with Crippen molar-refractivity contribution in [1.82, 2.24) is 9.36 Å². The van der Waals surface area contributed by atoms with E-state index in [1.54, 1.807) is 10.9 Å². The van der Waals surface area contributed by atoms with Crippen LogP contribution in [0.2, 0.25) is 0 Å². The van der Waals surface area contributed by atoms with Gasteiger partial charge < -0.3 is 22.7 Å². The first kappa shape index (κ1) is 22.2. The lowest BCUT2D eigenvalue weighted by Crippen LogP contribution is -3.00. The van der Waals surface area contributed by atoms with Gasteiger partial charge in [0, 0.05) is 12.8 Å². The van der Waals surface area contributed by atoms with Gasteiger partial charge in [0.25, 0.3) is 5.56 Å². The van der Waals surface area contributed by atoms with Crippen LogP contribution < -0.4 is 28.3 Å². The molecule has 0 amide bonds.